The molecule has 2 atom stereocenters. The summed E-state index contributed by atoms with van der Waals surface area (Å²) in [5.74, 6) is 0.00912. The van der Waals surface area contributed by atoms with Gasteiger partial charge >= 0.3 is 12.0 Å². The first-order chi connectivity index (χ1) is 9.10. The summed E-state index contributed by atoms with van der Waals surface area (Å²) in [6.45, 7) is 5.29. The number of hydrogen-bond donors (Lipinski definition) is 1. The number of amides is 2. The van der Waals surface area contributed by atoms with Crippen LogP contribution in [0, 0.1) is 11.8 Å². The zero-order valence-corrected chi connectivity index (χ0v) is 11.7. The average molecular weight is 268 g/mol. The zero-order valence-electron chi connectivity index (χ0n) is 11.7. The molecule has 2 heterocycles. The van der Waals surface area contributed by atoms with E-state index in [0.29, 0.717) is 12.5 Å². The van der Waals surface area contributed by atoms with E-state index in [0.717, 1.165) is 45.3 Å². The highest BCUT2D eigenvalue weighted by atomic mass is 16.4. The van der Waals surface area contributed by atoms with E-state index in [4.69, 9.17) is 5.11 Å². The van der Waals surface area contributed by atoms with Gasteiger partial charge in [-0.3, -0.25) is 4.79 Å². The Morgan fingerprint density at radius 1 is 1.11 bits per heavy atom. The lowest BCUT2D eigenvalue weighted by Crippen LogP contribution is -2.47. The molecule has 0 aromatic carbocycles. The van der Waals surface area contributed by atoms with Crippen LogP contribution in [0.1, 0.15) is 39.0 Å². The minimum absolute atomic E-state index is 0.117. The van der Waals surface area contributed by atoms with Crippen molar-refractivity contribution in [2.75, 3.05) is 26.2 Å². The molecule has 2 rings (SSSR count). The van der Waals surface area contributed by atoms with E-state index in [1.165, 1.54) is 0 Å². The van der Waals surface area contributed by atoms with Gasteiger partial charge in [0.05, 0.1) is 0 Å². The summed E-state index contributed by atoms with van der Waals surface area (Å²) < 4.78 is 0. The number of rotatable bonds is 3. The highest BCUT2D eigenvalue weighted by Crippen LogP contribution is 2.24. The molecule has 0 aromatic heterocycles. The van der Waals surface area contributed by atoms with Crippen LogP contribution in [0.3, 0.4) is 0 Å². The fourth-order valence-electron chi connectivity index (χ4n) is 3.19. The molecular weight excluding hydrogens is 244 g/mol. The molecule has 2 fully saturated rings. The predicted molar refractivity (Wildman–Crippen MR) is 71.9 cm³/mol. The van der Waals surface area contributed by atoms with Gasteiger partial charge in [-0.2, -0.15) is 0 Å². The quantitative estimate of drug-likeness (QED) is 0.852. The van der Waals surface area contributed by atoms with Crippen molar-refractivity contribution in [2.24, 2.45) is 11.8 Å². The summed E-state index contributed by atoms with van der Waals surface area (Å²) >= 11 is 0. The van der Waals surface area contributed by atoms with Gasteiger partial charge in [0.15, 0.2) is 0 Å². The highest BCUT2D eigenvalue weighted by molar-refractivity contribution is 5.75. The lowest BCUT2D eigenvalue weighted by Gasteiger charge is -2.34. The van der Waals surface area contributed by atoms with Crippen molar-refractivity contribution in [1.82, 2.24) is 9.80 Å². The summed E-state index contributed by atoms with van der Waals surface area (Å²) in [6, 6.07) is 0.117. The van der Waals surface area contributed by atoms with Gasteiger partial charge in [-0.1, -0.05) is 13.3 Å². The molecule has 0 saturated carbocycles. The van der Waals surface area contributed by atoms with Gasteiger partial charge in [-0.05, 0) is 31.1 Å². The van der Waals surface area contributed by atoms with Crippen molar-refractivity contribution in [1.29, 1.82) is 0 Å². The predicted octanol–water partition coefficient (Wildman–Crippen LogP) is 2.03. The monoisotopic (exact) mass is 268 g/mol. The number of carboxylic acid groups (broad SMARTS) is 1. The maximum atomic E-state index is 12.4. The lowest BCUT2D eigenvalue weighted by molar-refractivity contribution is -0.138. The minimum atomic E-state index is -0.758. The van der Waals surface area contributed by atoms with Crippen LogP contribution >= 0.6 is 0 Å². The normalized spacial score (nSPS) is 27.6. The average Bonchev–Trinajstić information content (AvgIpc) is 2.86. The van der Waals surface area contributed by atoms with Crippen LogP contribution in [0.5, 0.6) is 0 Å². The van der Waals surface area contributed by atoms with Crippen LogP contribution in [0.2, 0.25) is 0 Å². The Bertz CT molecular complexity index is 346. The molecule has 0 aliphatic carbocycles. The Balaban J connectivity index is 1.87. The van der Waals surface area contributed by atoms with Gasteiger partial charge < -0.3 is 14.9 Å². The van der Waals surface area contributed by atoms with E-state index in [1.54, 1.807) is 0 Å². The molecule has 19 heavy (non-hydrogen) atoms. The van der Waals surface area contributed by atoms with Gasteiger partial charge in [-0.15, -0.1) is 0 Å². The molecule has 0 radical (unpaired) electrons. The number of likely N-dealkylation sites (tertiary alicyclic amines) is 2. The molecule has 0 aromatic rings. The summed E-state index contributed by atoms with van der Waals surface area (Å²) in [6.07, 6.45) is 4.27. The van der Waals surface area contributed by atoms with Crippen LogP contribution in [-0.2, 0) is 4.79 Å². The summed E-state index contributed by atoms with van der Waals surface area (Å²) in [4.78, 5) is 27.0. The van der Waals surface area contributed by atoms with Crippen LogP contribution < -0.4 is 0 Å². The maximum absolute atomic E-state index is 12.4. The highest BCUT2D eigenvalue weighted by Gasteiger charge is 2.31. The van der Waals surface area contributed by atoms with Crippen LogP contribution in [-0.4, -0.2) is 53.1 Å². The summed E-state index contributed by atoms with van der Waals surface area (Å²) in [5.41, 5.74) is 0. The zero-order chi connectivity index (χ0) is 13.8. The molecule has 2 aliphatic rings. The molecular formula is C14H24N2O3. The third-order valence-electron chi connectivity index (χ3n) is 4.39. The fourth-order valence-corrected chi connectivity index (χ4v) is 3.19. The van der Waals surface area contributed by atoms with Gasteiger partial charge in [-0.25, -0.2) is 4.79 Å². The van der Waals surface area contributed by atoms with Crippen molar-refractivity contribution < 1.29 is 14.7 Å². The smallest absolute Gasteiger partial charge is 0.320 e. The minimum Gasteiger partial charge on any atom is -0.481 e. The van der Waals surface area contributed by atoms with Gasteiger partial charge in [0.1, 0.15) is 0 Å². The molecule has 2 saturated heterocycles. The third kappa shape index (κ3) is 3.61. The standard InChI is InChI=1S/C14H24N2O3/c1-2-11-5-7-16(9-11)14(19)15-6-3-4-12(10-15)8-13(17)18/h11-12H,2-10H2,1H3,(H,17,18). The Morgan fingerprint density at radius 3 is 2.42 bits per heavy atom. The van der Waals surface area contributed by atoms with Crippen LogP contribution in [0.4, 0.5) is 4.79 Å². The Kier molecular flexibility index (Phi) is 4.66. The molecule has 5 heteroatoms. The second-order valence-corrected chi connectivity index (χ2v) is 5.84. The third-order valence-corrected chi connectivity index (χ3v) is 4.39. The molecule has 2 unspecified atom stereocenters. The first-order valence-corrected chi connectivity index (χ1v) is 7.35. The molecule has 108 valence electrons. The molecule has 2 amide bonds. The molecule has 1 N–H and O–H groups in total. The van der Waals surface area contributed by atoms with Gasteiger partial charge in [0, 0.05) is 32.6 Å². The Labute approximate surface area is 114 Å². The molecule has 2 aliphatic heterocycles. The van der Waals surface area contributed by atoms with E-state index < -0.39 is 5.97 Å². The number of urea groups is 1. The van der Waals surface area contributed by atoms with Gasteiger partial charge in [0.25, 0.3) is 0 Å². The Hall–Kier alpha value is -1.26. The van der Waals surface area contributed by atoms with E-state index in [9.17, 15) is 9.59 Å². The van der Waals surface area contributed by atoms with Crippen molar-refractivity contribution in [3.05, 3.63) is 0 Å². The molecule has 0 spiro atoms. The first-order valence-electron chi connectivity index (χ1n) is 7.35. The largest absolute Gasteiger partial charge is 0.481 e. The fraction of sp³-hybridized carbons (Fsp3) is 0.857. The number of carboxylic acids is 1. The van der Waals surface area contributed by atoms with E-state index >= 15 is 0 Å². The first kappa shape index (κ1) is 14.2. The number of carbonyl (C=O) groups excluding carboxylic acids is 1. The number of nitrogens with zero attached hydrogens (tertiary/aromatic N) is 2. The number of carbonyl (C=O) groups is 2. The second kappa shape index (κ2) is 6.26. The SMILES string of the molecule is CCC1CCN(C(=O)N2CCCC(CC(=O)O)C2)C1. The van der Waals surface area contributed by atoms with E-state index in [-0.39, 0.29) is 18.4 Å². The van der Waals surface area contributed by atoms with E-state index in [2.05, 4.69) is 6.92 Å². The summed E-state index contributed by atoms with van der Waals surface area (Å²) in [5, 5.41) is 8.85. The molecule has 5 nitrogen and oxygen atoms in total. The van der Waals surface area contributed by atoms with Gasteiger partial charge in [0.2, 0.25) is 0 Å². The Morgan fingerprint density at radius 2 is 1.79 bits per heavy atom. The van der Waals surface area contributed by atoms with Crippen molar-refractivity contribution in [3.63, 3.8) is 0 Å². The molecule has 0 bridgehead atoms. The van der Waals surface area contributed by atoms with Crippen LogP contribution in [0.15, 0.2) is 0 Å². The topological polar surface area (TPSA) is 60.9 Å². The lowest BCUT2D eigenvalue weighted by atomic mass is 9.95. The van der Waals surface area contributed by atoms with Crippen molar-refractivity contribution in [3.8, 4) is 0 Å². The van der Waals surface area contributed by atoms with Crippen molar-refractivity contribution in [2.45, 2.75) is 39.0 Å². The summed E-state index contributed by atoms with van der Waals surface area (Å²) in [7, 11) is 0. The number of piperidine rings is 1. The van der Waals surface area contributed by atoms with E-state index in [1.807, 2.05) is 9.80 Å². The number of hydrogen-bond acceptors (Lipinski definition) is 2. The number of aliphatic carboxylic acids is 1. The van der Waals surface area contributed by atoms with Crippen LogP contribution in [0.25, 0.3) is 0 Å². The second-order valence-electron chi connectivity index (χ2n) is 5.84. The van der Waals surface area contributed by atoms with Crippen molar-refractivity contribution >= 4 is 12.0 Å². The maximum Gasteiger partial charge on any atom is 0.320 e.